The normalized spacial score (nSPS) is 11.8. The number of benzene rings is 2. The average Bonchev–Trinajstić information content (AvgIpc) is 2.67. The molecule has 150 valence electrons. The predicted molar refractivity (Wildman–Crippen MR) is 113 cm³/mol. The molecule has 5 nitrogen and oxygen atoms in total. The van der Waals surface area contributed by atoms with Crippen LogP contribution in [0.1, 0.15) is 43.1 Å². The van der Waals surface area contributed by atoms with Gasteiger partial charge in [-0.3, -0.25) is 9.59 Å². The first-order valence-electron chi connectivity index (χ1n) is 9.42. The van der Waals surface area contributed by atoms with Crippen LogP contribution in [0.4, 0.5) is 5.69 Å². The van der Waals surface area contributed by atoms with Crippen molar-refractivity contribution in [1.29, 1.82) is 0 Å². The molecule has 0 spiro atoms. The Morgan fingerprint density at radius 1 is 1.14 bits per heavy atom. The summed E-state index contributed by atoms with van der Waals surface area (Å²) >= 11 is 6.04. The van der Waals surface area contributed by atoms with E-state index in [0.717, 1.165) is 5.56 Å². The van der Waals surface area contributed by atoms with Crippen LogP contribution in [0.5, 0.6) is 5.75 Å². The molecule has 0 saturated heterocycles. The number of amides is 2. The minimum absolute atomic E-state index is 0.216. The van der Waals surface area contributed by atoms with Gasteiger partial charge < -0.3 is 15.4 Å². The number of halogens is 1. The summed E-state index contributed by atoms with van der Waals surface area (Å²) in [6.07, 6.45) is -0.206. The molecule has 6 heteroatoms. The summed E-state index contributed by atoms with van der Waals surface area (Å²) in [4.78, 5) is 25.2. The van der Waals surface area contributed by atoms with Crippen LogP contribution in [0.25, 0.3) is 0 Å². The van der Waals surface area contributed by atoms with Gasteiger partial charge in [0.05, 0.1) is 11.3 Å². The standard InChI is InChI=1S/C22H27ClN2O3/c1-5-20(28-16-10-11-18(23)15(4)12-16)22(27)25-19-9-7-6-8-17(19)21(26)24-13-14(2)3/h6-12,14,20H,5,13H2,1-4H3,(H,24,26)(H,25,27). The predicted octanol–water partition coefficient (Wildman–Crippen LogP) is 4.83. The molecule has 0 aliphatic carbocycles. The molecule has 0 saturated carbocycles. The van der Waals surface area contributed by atoms with Crippen molar-refractivity contribution in [2.24, 2.45) is 5.92 Å². The van der Waals surface area contributed by atoms with E-state index in [1.54, 1.807) is 42.5 Å². The number of hydrogen-bond acceptors (Lipinski definition) is 3. The molecule has 2 amide bonds. The smallest absolute Gasteiger partial charge is 0.265 e. The Balaban J connectivity index is 2.11. The highest BCUT2D eigenvalue weighted by atomic mass is 35.5. The third-order valence-corrected chi connectivity index (χ3v) is 4.60. The Bertz CT molecular complexity index is 836. The highest BCUT2D eigenvalue weighted by molar-refractivity contribution is 6.31. The first-order valence-corrected chi connectivity index (χ1v) is 9.80. The minimum Gasteiger partial charge on any atom is -0.481 e. The second kappa shape index (κ2) is 10.1. The summed E-state index contributed by atoms with van der Waals surface area (Å²) in [5, 5.41) is 6.34. The number of nitrogens with one attached hydrogen (secondary N) is 2. The maximum absolute atomic E-state index is 12.7. The van der Waals surface area contributed by atoms with E-state index in [1.807, 2.05) is 27.7 Å². The molecule has 0 bridgehead atoms. The zero-order valence-corrected chi connectivity index (χ0v) is 17.5. The van der Waals surface area contributed by atoms with E-state index >= 15 is 0 Å². The first-order chi connectivity index (χ1) is 13.3. The van der Waals surface area contributed by atoms with Gasteiger partial charge in [-0.25, -0.2) is 0 Å². The molecule has 0 aromatic heterocycles. The number of rotatable bonds is 8. The molecule has 0 radical (unpaired) electrons. The lowest BCUT2D eigenvalue weighted by Crippen LogP contribution is -2.34. The van der Waals surface area contributed by atoms with Crippen LogP contribution < -0.4 is 15.4 Å². The van der Waals surface area contributed by atoms with Gasteiger partial charge in [-0.2, -0.15) is 0 Å². The zero-order valence-electron chi connectivity index (χ0n) is 16.7. The second-order valence-electron chi connectivity index (χ2n) is 7.06. The lowest BCUT2D eigenvalue weighted by atomic mass is 10.1. The van der Waals surface area contributed by atoms with Crippen molar-refractivity contribution in [3.63, 3.8) is 0 Å². The molecular weight excluding hydrogens is 376 g/mol. The third-order valence-electron chi connectivity index (χ3n) is 4.17. The lowest BCUT2D eigenvalue weighted by Gasteiger charge is -2.19. The second-order valence-corrected chi connectivity index (χ2v) is 7.47. The van der Waals surface area contributed by atoms with Crippen LogP contribution >= 0.6 is 11.6 Å². The molecule has 2 aromatic carbocycles. The Labute approximate surface area is 171 Å². The van der Waals surface area contributed by atoms with Crippen molar-refractivity contribution in [3.8, 4) is 5.75 Å². The summed E-state index contributed by atoms with van der Waals surface area (Å²) < 4.78 is 5.84. The Hall–Kier alpha value is -2.53. The fourth-order valence-corrected chi connectivity index (χ4v) is 2.69. The van der Waals surface area contributed by atoms with Crippen molar-refractivity contribution in [2.45, 2.75) is 40.2 Å². The third kappa shape index (κ3) is 5.99. The van der Waals surface area contributed by atoms with Gasteiger partial charge >= 0.3 is 0 Å². The van der Waals surface area contributed by atoms with Gasteiger partial charge in [-0.15, -0.1) is 0 Å². The van der Waals surface area contributed by atoms with E-state index < -0.39 is 6.10 Å². The Kier molecular flexibility index (Phi) is 7.88. The molecule has 2 N–H and O–H groups in total. The van der Waals surface area contributed by atoms with Gasteiger partial charge in [0, 0.05) is 11.6 Å². The Morgan fingerprint density at radius 3 is 2.50 bits per heavy atom. The van der Waals surface area contributed by atoms with Gasteiger partial charge in [-0.05, 0) is 55.2 Å². The maximum Gasteiger partial charge on any atom is 0.265 e. The van der Waals surface area contributed by atoms with Crippen LogP contribution in [0.3, 0.4) is 0 Å². The molecule has 0 heterocycles. The van der Waals surface area contributed by atoms with Crippen LogP contribution in [0.15, 0.2) is 42.5 Å². The molecule has 0 aliphatic heterocycles. The van der Waals surface area contributed by atoms with Crippen LogP contribution in [-0.2, 0) is 4.79 Å². The van der Waals surface area contributed by atoms with Crippen molar-refractivity contribution >= 4 is 29.1 Å². The number of anilines is 1. The summed E-state index contributed by atoms with van der Waals surface area (Å²) in [5.41, 5.74) is 1.76. The zero-order chi connectivity index (χ0) is 20.7. The average molecular weight is 403 g/mol. The molecule has 1 unspecified atom stereocenters. The summed E-state index contributed by atoms with van der Waals surface area (Å²) in [6, 6.07) is 12.2. The number of ether oxygens (including phenoxy) is 1. The van der Waals surface area contributed by atoms with Crippen molar-refractivity contribution < 1.29 is 14.3 Å². The number of aryl methyl sites for hydroxylation is 1. The van der Waals surface area contributed by atoms with Gasteiger partial charge in [0.1, 0.15) is 5.75 Å². The lowest BCUT2D eigenvalue weighted by molar-refractivity contribution is -0.122. The number of carbonyl (C=O) groups is 2. The molecule has 0 aliphatic rings. The van der Waals surface area contributed by atoms with E-state index in [1.165, 1.54) is 0 Å². The van der Waals surface area contributed by atoms with E-state index in [-0.39, 0.29) is 11.8 Å². The summed E-state index contributed by atoms with van der Waals surface area (Å²) in [5.74, 6) is 0.393. The van der Waals surface area contributed by atoms with Gasteiger partial charge in [-0.1, -0.05) is 44.5 Å². The van der Waals surface area contributed by atoms with Crippen LogP contribution in [-0.4, -0.2) is 24.5 Å². The van der Waals surface area contributed by atoms with E-state index in [4.69, 9.17) is 16.3 Å². The molecule has 2 rings (SSSR count). The fourth-order valence-electron chi connectivity index (χ4n) is 2.57. The highest BCUT2D eigenvalue weighted by Crippen LogP contribution is 2.23. The van der Waals surface area contributed by atoms with Crippen molar-refractivity contribution in [1.82, 2.24) is 5.32 Å². The van der Waals surface area contributed by atoms with Crippen molar-refractivity contribution in [3.05, 3.63) is 58.6 Å². The fraction of sp³-hybridized carbons (Fsp3) is 0.364. The van der Waals surface area contributed by atoms with E-state index in [0.29, 0.717) is 40.9 Å². The molecule has 28 heavy (non-hydrogen) atoms. The van der Waals surface area contributed by atoms with Crippen LogP contribution in [0, 0.1) is 12.8 Å². The molecule has 0 fully saturated rings. The number of para-hydroxylation sites is 1. The van der Waals surface area contributed by atoms with Gasteiger partial charge in [0.15, 0.2) is 6.10 Å². The van der Waals surface area contributed by atoms with Crippen LogP contribution in [0.2, 0.25) is 5.02 Å². The minimum atomic E-state index is -0.688. The van der Waals surface area contributed by atoms with Gasteiger partial charge in [0.2, 0.25) is 0 Å². The maximum atomic E-state index is 12.7. The summed E-state index contributed by atoms with van der Waals surface area (Å²) in [7, 11) is 0. The largest absolute Gasteiger partial charge is 0.481 e. The number of hydrogen-bond donors (Lipinski definition) is 2. The Morgan fingerprint density at radius 2 is 1.86 bits per heavy atom. The monoisotopic (exact) mass is 402 g/mol. The van der Waals surface area contributed by atoms with Gasteiger partial charge in [0.25, 0.3) is 11.8 Å². The van der Waals surface area contributed by atoms with E-state index in [9.17, 15) is 9.59 Å². The van der Waals surface area contributed by atoms with E-state index in [2.05, 4.69) is 10.6 Å². The SMILES string of the molecule is CCC(Oc1ccc(Cl)c(C)c1)C(=O)Nc1ccccc1C(=O)NCC(C)C. The molecular formula is C22H27ClN2O3. The van der Waals surface area contributed by atoms with Crippen molar-refractivity contribution in [2.75, 3.05) is 11.9 Å². The first kappa shape index (κ1) is 21.8. The number of carbonyl (C=O) groups excluding carboxylic acids is 2. The quantitative estimate of drug-likeness (QED) is 0.664. The molecule has 2 aromatic rings. The topological polar surface area (TPSA) is 67.4 Å². The summed E-state index contributed by atoms with van der Waals surface area (Å²) in [6.45, 7) is 8.36. The molecule has 1 atom stereocenters. The highest BCUT2D eigenvalue weighted by Gasteiger charge is 2.21.